The molecule has 2 aliphatic carbocycles. The Morgan fingerprint density at radius 3 is 2.40 bits per heavy atom. The lowest BCUT2D eigenvalue weighted by Gasteiger charge is -2.20. The molecule has 2 saturated carbocycles. The molecule has 0 atom stereocenters. The quantitative estimate of drug-likeness (QED) is 0.684. The van der Waals surface area contributed by atoms with Gasteiger partial charge in [-0.1, -0.05) is 0 Å². The zero-order chi connectivity index (χ0) is 10.9. The Kier molecular flexibility index (Phi) is 2.98. The van der Waals surface area contributed by atoms with Crippen molar-refractivity contribution >= 4 is 10.0 Å². The van der Waals surface area contributed by atoms with Crippen LogP contribution in [0.4, 0.5) is 0 Å². The third-order valence-corrected chi connectivity index (χ3v) is 4.99. The van der Waals surface area contributed by atoms with Crippen molar-refractivity contribution in [3.8, 4) is 6.07 Å². The largest absolute Gasteiger partial charge is 0.214 e. The van der Waals surface area contributed by atoms with Gasteiger partial charge in [0.15, 0.2) is 0 Å². The third-order valence-electron chi connectivity index (χ3n) is 2.90. The summed E-state index contributed by atoms with van der Waals surface area (Å²) in [6.45, 7) is 0.385. The Balaban J connectivity index is 1.98. The number of hydrogen-bond donors (Lipinski definition) is 0. The highest BCUT2D eigenvalue weighted by Crippen LogP contribution is 2.35. The molecule has 2 rings (SSSR count). The average Bonchev–Trinajstić information content (AvgIpc) is 2.96. The van der Waals surface area contributed by atoms with Crippen molar-refractivity contribution < 1.29 is 8.42 Å². The van der Waals surface area contributed by atoms with Gasteiger partial charge in [0, 0.05) is 19.0 Å². The summed E-state index contributed by atoms with van der Waals surface area (Å²) in [6.07, 6.45) is 4.34. The lowest BCUT2D eigenvalue weighted by molar-refractivity contribution is 0.409. The third kappa shape index (κ3) is 2.93. The minimum atomic E-state index is -3.09. The molecule has 0 amide bonds. The van der Waals surface area contributed by atoms with Crippen LogP contribution < -0.4 is 0 Å². The van der Waals surface area contributed by atoms with Crippen LogP contribution in [-0.4, -0.2) is 31.1 Å². The number of hydrogen-bond acceptors (Lipinski definition) is 3. The first-order chi connectivity index (χ1) is 7.13. The molecule has 0 N–H and O–H groups in total. The lowest BCUT2D eigenvalue weighted by atomic mass is 10.4. The van der Waals surface area contributed by atoms with Crippen molar-refractivity contribution in [1.82, 2.24) is 4.31 Å². The van der Waals surface area contributed by atoms with E-state index in [0.717, 1.165) is 25.7 Å². The second-order valence-electron chi connectivity index (χ2n) is 4.47. The van der Waals surface area contributed by atoms with E-state index in [-0.39, 0.29) is 6.04 Å². The molecule has 84 valence electrons. The molecule has 0 aliphatic heterocycles. The van der Waals surface area contributed by atoms with E-state index in [1.807, 2.05) is 6.07 Å². The fourth-order valence-corrected chi connectivity index (χ4v) is 3.90. The number of rotatable bonds is 6. The minimum Gasteiger partial charge on any atom is -0.212 e. The van der Waals surface area contributed by atoms with Crippen molar-refractivity contribution in [1.29, 1.82) is 5.26 Å². The highest BCUT2D eigenvalue weighted by Gasteiger charge is 2.39. The van der Waals surface area contributed by atoms with E-state index >= 15 is 0 Å². The molecule has 0 bridgehead atoms. The van der Waals surface area contributed by atoms with Crippen LogP contribution in [0.25, 0.3) is 0 Å². The summed E-state index contributed by atoms with van der Waals surface area (Å²) in [5, 5.41) is 8.51. The molecule has 0 aromatic heterocycles. The maximum atomic E-state index is 12.0. The molecule has 5 heteroatoms. The topological polar surface area (TPSA) is 61.2 Å². The highest BCUT2D eigenvalue weighted by molar-refractivity contribution is 7.89. The molecular formula is C10H16N2O2S. The van der Waals surface area contributed by atoms with Crippen LogP contribution in [0, 0.1) is 17.2 Å². The normalized spacial score (nSPS) is 21.6. The van der Waals surface area contributed by atoms with Crippen LogP contribution in [0.5, 0.6) is 0 Å². The Bertz CT molecular complexity index is 363. The molecule has 4 nitrogen and oxygen atoms in total. The molecule has 0 aromatic carbocycles. The Morgan fingerprint density at radius 1 is 1.27 bits per heavy atom. The van der Waals surface area contributed by atoms with Crippen molar-refractivity contribution in [2.24, 2.45) is 5.92 Å². The summed E-state index contributed by atoms with van der Waals surface area (Å²) >= 11 is 0. The summed E-state index contributed by atoms with van der Waals surface area (Å²) in [4.78, 5) is 0. The van der Waals surface area contributed by atoms with E-state index in [1.54, 1.807) is 4.31 Å². The lowest BCUT2D eigenvalue weighted by Crippen LogP contribution is -2.36. The van der Waals surface area contributed by atoms with Gasteiger partial charge in [-0.05, 0) is 31.6 Å². The van der Waals surface area contributed by atoms with E-state index < -0.39 is 10.0 Å². The van der Waals surface area contributed by atoms with Gasteiger partial charge >= 0.3 is 0 Å². The van der Waals surface area contributed by atoms with E-state index in [9.17, 15) is 8.42 Å². The summed E-state index contributed by atoms with van der Waals surface area (Å²) in [5.74, 6) is 0.688. The maximum Gasteiger partial charge on any atom is 0.214 e. The molecule has 0 spiro atoms. The first-order valence-electron chi connectivity index (χ1n) is 5.50. The molecule has 15 heavy (non-hydrogen) atoms. The molecule has 2 fully saturated rings. The first kappa shape index (κ1) is 10.9. The second-order valence-corrected chi connectivity index (χ2v) is 6.44. The predicted octanol–water partition coefficient (Wildman–Crippen LogP) is 1.10. The Hall–Kier alpha value is -0.600. The highest BCUT2D eigenvalue weighted by atomic mass is 32.2. The molecule has 0 aromatic rings. The zero-order valence-corrected chi connectivity index (χ0v) is 9.54. The second kappa shape index (κ2) is 4.11. The average molecular weight is 228 g/mol. The zero-order valence-electron chi connectivity index (χ0n) is 8.72. The fourth-order valence-electron chi connectivity index (χ4n) is 1.75. The summed E-state index contributed by atoms with van der Waals surface area (Å²) in [6, 6.07) is 2.21. The van der Waals surface area contributed by atoms with Crippen molar-refractivity contribution in [3.05, 3.63) is 0 Å². The number of nitriles is 1. The van der Waals surface area contributed by atoms with Gasteiger partial charge in [0.05, 0.1) is 11.8 Å². The van der Waals surface area contributed by atoms with E-state index in [2.05, 4.69) is 0 Å². The van der Waals surface area contributed by atoms with Crippen molar-refractivity contribution in [2.75, 3.05) is 12.3 Å². The van der Waals surface area contributed by atoms with Crippen molar-refractivity contribution in [3.63, 3.8) is 0 Å². The van der Waals surface area contributed by atoms with Gasteiger partial charge in [0.25, 0.3) is 0 Å². The first-order valence-corrected chi connectivity index (χ1v) is 7.11. The van der Waals surface area contributed by atoms with Gasteiger partial charge in [0.2, 0.25) is 10.0 Å². The SMILES string of the molecule is N#CCCN(C1CC1)S(=O)(=O)CC1CC1. The van der Waals surface area contributed by atoms with E-state index in [1.165, 1.54) is 0 Å². The van der Waals surface area contributed by atoms with Gasteiger partial charge in [0.1, 0.15) is 0 Å². The summed E-state index contributed by atoms with van der Waals surface area (Å²) in [5.41, 5.74) is 0. The van der Waals surface area contributed by atoms with Gasteiger partial charge in [-0.2, -0.15) is 9.57 Å². The van der Waals surface area contributed by atoms with Crippen LogP contribution in [-0.2, 0) is 10.0 Å². The van der Waals surface area contributed by atoms with Crippen LogP contribution in [0.3, 0.4) is 0 Å². The fraction of sp³-hybridized carbons (Fsp3) is 0.900. The molecule has 0 saturated heterocycles. The molecule has 2 aliphatic rings. The van der Waals surface area contributed by atoms with Gasteiger partial charge in [-0.3, -0.25) is 0 Å². The van der Waals surface area contributed by atoms with Gasteiger partial charge in [-0.25, -0.2) is 8.42 Å². The standard InChI is InChI=1S/C10H16N2O2S/c11-6-1-7-12(10-4-5-10)15(13,14)8-9-2-3-9/h9-10H,1-5,7-8H2. The van der Waals surface area contributed by atoms with Crippen LogP contribution in [0.15, 0.2) is 0 Å². The van der Waals surface area contributed by atoms with Crippen LogP contribution >= 0.6 is 0 Å². The number of nitrogens with zero attached hydrogens (tertiary/aromatic N) is 2. The van der Waals surface area contributed by atoms with Gasteiger partial charge < -0.3 is 0 Å². The summed E-state index contributed by atoms with van der Waals surface area (Å²) in [7, 11) is -3.09. The van der Waals surface area contributed by atoms with E-state index in [0.29, 0.717) is 24.6 Å². The van der Waals surface area contributed by atoms with Crippen LogP contribution in [0.2, 0.25) is 0 Å². The Morgan fingerprint density at radius 2 is 1.93 bits per heavy atom. The smallest absolute Gasteiger partial charge is 0.212 e. The van der Waals surface area contributed by atoms with Crippen LogP contribution in [0.1, 0.15) is 32.1 Å². The number of sulfonamides is 1. The summed E-state index contributed by atoms with van der Waals surface area (Å²) < 4.78 is 25.5. The Labute approximate surface area is 90.9 Å². The maximum absolute atomic E-state index is 12.0. The molecule has 0 heterocycles. The van der Waals surface area contributed by atoms with Gasteiger partial charge in [-0.15, -0.1) is 0 Å². The van der Waals surface area contributed by atoms with E-state index in [4.69, 9.17) is 5.26 Å². The molecule has 0 radical (unpaired) electrons. The van der Waals surface area contributed by atoms with Crippen molar-refractivity contribution in [2.45, 2.75) is 38.1 Å². The molecule has 0 unspecified atom stereocenters. The molecular weight excluding hydrogens is 212 g/mol. The minimum absolute atomic E-state index is 0.196. The monoisotopic (exact) mass is 228 g/mol. The predicted molar refractivity (Wildman–Crippen MR) is 56.5 cm³/mol.